The van der Waals surface area contributed by atoms with Gasteiger partial charge in [0.05, 0.1) is 5.69 Å². The molecule has 1 heterocycles. The zero-order chi connectivity index (χ0) is 13.4. The Bertz CT molecular complexity index is 651. The molecule has 2 aromatic rings. The number of fused-ring (bicyclic) bond motifs is 1. The number of carbonyl (C=O) groups is 1. The molecule has 0 spiro atoms. The number of aromatic nitrogens is 2. The van der Waals surface area contributed by atoms with Gasteiger partial charge in [-0.15, -0.1) is 0 Å². The van der Waals surface area contributed by atoms with Crippen LogP contribution in [0.15, 0.2) is 18.2 Å². The Morgan fingerprint density at radius 1 is 1.42 bits per heavy atom. The highest BCUT2D eigenvalue weighted by atomic mass is 19.1. The highest BCUT2D eigenvalue weighted by molar-refractivity contribution is 6.04. The summed E-state index contributed by atoms with van der Waals surface area (Å²) in [5.74, 6) is -1.30. The van der Waals surface area contributed by atoms with E-state index in [9.17, 15) is 9.18 Å². The lowest BCUT2D eigenvalue weighted by Crippen LogP contribution is -2.15. The minimum Gasteiger partial charge on any atom is -0.508 e. The Kier molecular flexibility index (Phi) is 2.70. The number of H-pyrrole nitrogens is 1. The molecule has 1 aromatic carbocycles. The van der Waals surface area contributed by atoms with Crippen molar-refractivity contribution >= 4 is 11.6 Å². The number of halogens is 1. The summed E-state index contributed by atoms with van der Waals surface area (Å²) in [6, 6.07) is 3.58. The third kappa shape index (κ3) is 2.05. The molecule has 0 fully saturated rings. The van der Waals surface area contributed by atoms with E-state index in [-0.39, 0.29) is 11.4 Å². The zero-order valence-electron chi connectivity index (χ0n) is 10.0. The van der Waals surface area contributed by atoms with Crippen LogP contribution in [-0.4, -0.2) is 21.2 Å². The van der Waals surface area contributed by atoms with Crippen LogP contribution in [0.3, 0.4) is 0 Å². The van der Waals surface area contributed by atoms with E-state index in [1.54, 1.807) is 0 Å². The summed E-state index contributed by atoms with van der Waals surface area (Å²) >= 11 is 0. The van der Waals surface area contributed by atoms with Gasteiger partial charge in [-0.25, -0.2) is 4.39 Å². The van der Waals surface area contributed by atoms with Crippen molar-refractivity contribution in [3.8, 4) is 5.75 Å². The van der Waals surface area contributed by atoms with E-state index in [0.29, 0.717) is 5.69 Å². The number of phenols is 1. The lowest BCUT2D eigenvalue weighted by atomic mass is 10.2. The maximum absolute atomic E-state index is 13.5. The second-order valence-corrected chi connectivity index (χ2v) is 4.50. The highest BCUT2D eigenvalue weighted by Gasteiger charge is 2.23. The molecule has 98 valence electrons. The van der Waals surface area contributed by atoms with Crippen LogP contribution in [-0.2, 0) is 12.8 Å². The molecule has 0 radical (unpaired) electrons. The van der Waals surface area contributed by atoms with Crippen LogP contribution in [0.4, 0.5) is 10.1 Å². The lowest BCUT2D eigenvalue weighted by Gasteiger charge is -2.05. The smallest absolute Gasteiger partial charge is 0.276 e. The summed E-state index contributed by atoms with van der Waals surface area (Å²) in [6.45, 7) is 0. The highest BCUT2D eigenvalue weighted by Crippen LogP contribution is 2.24. The summed E-state index contributed by atoms with van der Waals surface area (Å²) in [6.07, 6.45) is 2.70. The van der Waals surface area contributed by atoms with E-state index in [0.717, 1.165) is 36.6 Å². The van der Waals surface area contributed by atoms with E-state index in [1.165, 1.54) is 12.1 Å². The van der Waals surface area contributed by atoms with E-state index >= 15 is 0 Å². The molecule has 3 rings (SSSR count). The van der Waals surface area contributed by atoms with Crippen molar-refractivity contribution in [3.63, 3.8) is 0 Å². The predicted molar refractivity (Wildman–Crippen MR) is 66.6 cm³/mol. The predicted octanol–water partition coefficient (Wildman–Crippen LogP) is 2.00. The maximum atomic E-state index is 13.5. The molecule has 0 saturated carbocycles. The van der Waals surface area contributed by atoms with Crippen LogP contribution >= 0.6 is 0 Å². The molecule has 0 saturated heterocycles. The van der Waals surface area contributed by atoms with Crippen LogP contribution in [0, 0.1) is 5.82 Å². The first-order valence-electron chi connectivity index (χ1n) is 6.01. The Hall–Kier alpha value is -2.37. The molecule has 0 bridgehead atoms. The molecule has 0 aliphatic heterocycles. The fourth-order valence-corrected chi connectivity index (χ4v) is 2.29. The molecule has 1 aliphatic carbocycles. The first-order valence-corrected chi connectivity index (χ1v) is 6.01. The fourth-order valence-electron chi connectivity index (χ4n) is 2.29. The first kappa shape index (κ1) is 11.7. The zero-order valence-corrected chi connectivity index (χ0v) is 10.0. The fraction of sp³-hybridized carbons (Fsp3) is 0.231. The summed E-state index contributed by atoms with van der Waals surface area (Å²) < 4.78 is 13.5. The maximum Gasteiger partial charge on any atom is 0.276 e. The number of nitrogens with zero attached hydrogens (tertiary/aromatic N) is 1. The lowest BCUT2D eigenvalue weighted by molar-refractivity contribution is 0.102. The molecular weight excluding hydrogens is 249 g/mol. The van der Waals surface area contributed by atoms with E-state index < -0.39 is 11.7 Å². The van der Waals surface area contributed by atoms with Crippen molar-refractivity contribution < 1.29 is 14.3 Å². The normalized spacial score (nSPS) is 13.3. The van der Waals surface area contributed by atoms with Crippen molar-refractivity contribution in [1.82, 2.24) is 10.2 Å². The van der Waals surface area contributed by atoms with Crippen molar-refractivity contribution in [3.05, 3.63) is 41.0 Å². The molecule has 1 aliphatic rings. The van der Waals surface area contributed by atoms with Gasteiger partial charge in [-0.05, 0) is 31.4 Å². The number of hydrogen-bond donors (Lipinski definition) is 3. The largest absolute Gasteiger partial charge is 0.508 e. The van der Waals surface area contributed by atoms with E-state index in [1.807, 2.05) is 0 Å². The number of nitrogens with one attached hydrogen (secondary N) is 2. The molecular formula is C13H12FN3O2. The average Bonchev–Trinajstić information content (AvgIpc) is 2.94. The van der Waals surface area contributed by atoms with Crippen molar-refractivity contribution in [2.75, 3.05) is 5.32 Å². The molecule has 5 nitrogen and oxygen atoms in total. The number of rotatable bonds is 2. The minimum absolute atomic E-state index is 0.0255. The summed E-state index contributed by atoms with van der Waals surface area (Å²) in [5.41, 5.74) is 2.24. The topological polar surface area (TPSA) is 78.0 Å². The van der Waals surface area contributed by atoms with Gasteiger partial charge in [-0.3, -0.25) is 9.89 Å². The number of aromatic hydroxyl groups is 1. The number of aryl methyl sites for hydroxylation is 1. The van der Waals surface area contributed by atoms with Crippen molar-refractivity contribution in [1.29, 1.82) is 0 Å². The molecule has 0 unspecified atom stereocenters. The number of aromatic amines is 1. The summed E-state index contributed by atoms with van der Waals surface area (Å²) in [7, 11) is 0. The van der Waals surface area contributed by atoms with Gasteiger partial charge in [0.15, 0.2) is 5.69 Å². The molecule has 6 heteroatoms. The second-order valence-electron chi connectivity index (χ2n) is 4.50. The first-order chi connectivity index (χ1) is 9.15. The molecule has 1 amide bonds. The van der Waals surface area contributed by atoms with Gasteiger partial charge in [0, 0.05) is 17.3 Å². The average molecular weight is 261 g/mol. The number of hydrogen-bond acceptors (Lipinski definition) is 3. The second kappa shape index (κ2) is 4.38. The molecule has 1 aromatic heterocycles. The van der Waals surface area contributed by atoms with Crippen molar-refractivity contribution in [2.24, 2.45) is 0 Å². The monoisotopic (exact) mass is 261 g/mol. The van der Waals surface area contributed by atoms with Gasteiger partial charge in [0.2, 0.25) is 0 Å². The quantitative estimate of drug-likeness (QED) is 0.723. The van der Waals surface area contributed by atoms with Gasteiger partial charge in [0.25, 0.3) is 5.91 Å². The van der Waals surface area contributed by atoms with Gasteiger partial charge >= 0.3 is 0 Å². The van der Waals surface area contributed by atoms with Gasteiger partial charge in [0.1, 0.15) is 11.6 Å². The number of carbonyl (C=O) groups excluding carboxylic acids is 1. The summed E-state index contributed by atoms with van der Waals surface area (Å²) in [4.78, 5) is 12.0. The van der Waals surface area contributed by atoms with Crippen LogP contribution in [0.2, 0.25) is 0 Å². The van der Waals surface area contributed by atoms with Crippen molar-refractivity contribution in [2.45, 2.75) is 19.3 Å². The van der Waals surface area contributed by atoms with Crippen LogP contribution in [0.1, 0.15) is 28.2 Å². The standard InChI is InChI=1S/C13H12FN3O2/c14-9-6-7(18)4-5-11(9)15-13(19)12-8-2-1-3-10(8)16-17-12/h4-6,18H,1-3H2,(H,15,19)(H,16,17). The Morgan fingerprint density at radius 3 is 3.05 bits per heavy atom. The number of benzene rings is 1. The molecule has 0 atom stereocenters. The van der Waals surface area contributed by atoms with E-state index in [2.05, 4.69) is 15.5 Å². The Labute approximate surface area is 108 Å². The SMILES string of the molecule is O=C(Nc1ccc(O)cc1F)c1n[nH]c2c1CCC2. The number of amides is 1. The molecule has 3 N–H and O–H groups in total. The van der Waals surface area contributed by atoms with Gasteiger partial charge < -0.3 is 10.4 Å². The van der Waals surface area contributed by atoms with E-state index in [4.69, 9.17) is 5.11 Å². The van der Waals surface area contributed by atoms with Crippen LogP contribution in [0.5, 0.6) is 5.75 Å². The van der Waals surface area contributed by atoms with Crippen LogP contribution < -0.4 is 5.32 Å². The van der Waals surface area contributed by atoms with Gasteiger partial charge in [-0.2, -0.15) is 5.10 Å². The Balaban J connectivity index is 1.85. The third-order valence-electron chi connectivity index (χ3n) is 3.22. The number of phenolic OH excluding ortho intramolecular Hbond substituents is 1. The van der Waals surface area contributed by atoms with Gasteiger partial charge in [-0.1, -0.05) is 0 Å². The number of anilines is 1. The Morgan fingerprint density at radius 2 is 2.26 bits per heavy atom. The van der Waals surface area contributed by atoms with Crippen LogP contribution in [0.25, 0.3) is 0 Å². The summed E-state index contributed by atoms with van der Waals surface area (Å²) in [5, 5.41) is 18.4. The minimum atomic E-state index is -0.680. The molecule has 19 heavy (non-hydrogen) atoms. The third-order valence-corrected chi connectivity index (χ3v) is 3.22.